The molecular formula is C46H72N6O6. The molecule has 58 heavy (non-hydrogen) atoms. The van der Waals surface area contributed by atoms with E-state index in [4.69, 9.17) is 9.57 Å². The van der Waals surface area contributed by atoms with E-state index in [1.807, 2.05) is 75.7 Å². The van der Waals surface area contributed by atoms with Gasteiger partial charge in [0, 0.05) is 74.7 Å². The van der Waals surface area contributed by atoms with Gasteiger partial charge in [0.15, 0.2) is 0 Å². The monoisotopic (exact) mass is 805 g/mol. The maximum atomic E-state index is 14.3. The summed E-state index contributed by atoms with van der Waals surface area (Å²) in [4.78, 5) is 55.3. The molecular weight excluding hydrogens is 733 g/mol. The molecule has 0 aromatic heterocycles. The van der Waals surface area contributed by atoms with Crippen LogP contribution in [-0.4, -0.2) is 112 Å². The van der Waals surface area contributed by atoms with Crippen LogP contribution in [0.15, 0.2) is 41.4 Å². The second-order valence-electron chi connectivity index (χ2n) is 19.4. The molecule has 1 aliphatic heterocycles. The number of benzene rings is 2. The maximum absolute atomic E-state index is 14.3. The van der Waals surface area contributed by atoms with Crippen molar-refractivity contribution in [2.45, 2.75) is 112 Å². The molecule has 1 aliphatic carbocycles. The van der Waals surface area contributed by atoms with Crippen LogP contribution in [0, 0.1) is 34.5 Å². The van der Waals surface area contributed by atoms with E-state index in [0.29, 0.717) is 29.7 Å². The molecule has 2 aliphatic rings. The number of carbonyl (C=O) groups is 3. The highest BCUT2D eigenvalue weighted by Gasteiger charge is 2.50. The zero-order valence-corrected chi connectivity index (χ0v) is 37.7. The third-order valence-electron chi connectivity index (χ3n) is 12.1. The van der Waals surface area contributed by atoms with Crippen molar-refractivity contribution in [2.75, 3.05) is 53.3 Å². The molecule has 3 amide bonds. The number of methoxy groups -OCH3 is 1. The minimum absolute atomic E-state index is 0.0245. The number of nitrogens with zero attached hydrogens (tertiary/aromatic N) is 4. The van der Waals surface area contributed by atoms with Crippen LogP contribution in [0.2, 0.25) is 0 Å². The number of carbonyl (C=O) groups excluding carboxylic acids is 3. The third kappa shape index (κ3) is 12.1. The van der Waals surface area contributed by atoms with Gasteiger partial charge in [-0.2, -0.15) is 5.06 Å². The summed E-state index contributed by atoms with van der Waals surface area (Å²) in [5.74, 6) is 0.107. The van der Waals surface area contributed by atoms with Gasteiger partial charge in [0.2, 0.25) is 5.91 Å². The standard InChI is InChI=1S/C46H72N6O6/c1-28-22-46(8,9)29(2)18-35(28)24-48-44(56)41-40(30(3)53)39(25-47-31(4)54)58-52(41)26-32-16-15-17-38(42(32)57-14)33-19-34(21-37(20-33)51(12)13)43(55)49-36(27-50(10)11)23-45(5,6)7/h15-17,19-21,24,28-30,35-36,39-41,53H,18,22-23,25-27H2,1-14H3,(H,47,54)(H,49,55)/t28?,29-,30+,35?,36+,39+,40?,41+/m1/s1. The van der Waals surface area contributed by atoms with Crippen LogP contribution in [0.1, 0.15) is 97.5 Å². The van der Waals surface area contributed by atoms with Gasteiger partial charge >= 0.3 is 0 Å². The molecule has 0 spiro atoms. The van der Waals surface area contributed by atoms with Crippen LogP contribution in [-0.2, 0) is 21.0 Å². The zero-order chi connectivity index (χ0) is 43.3. The van der Waals surface area contributed by atoms with Gasteiger partial charge in [0.25, 0.3) is 11.8 Å². The van der Waals surface area contributed by atoms with Crippen LogP contribution in [0.25, 0.3) is 11.1 Å². The Hall–Kier alpha value is -3.84. The Labute approximate surface area is 348 Å². The van der Waals surface area contributed by atoms with Crippen LogP contribution in [0.3, 0.4) is 0 Å². The number of hydrogen-bond acceptors (Lipinski definition) is 9. The van der Waals surface area contributed by atoms with Gasteiger partial charge in [-0.05, 0) is 92.6 Å². The fourth-order valence-electron chi connectivity index (χ4n) is 8.83. The van der Waals surface area contributed by atoms with Crippen molar-refractivity contribution in [3.63, 3.8) is 0 Å². The quantitative estimate of drug-likeness (QED) is 0.174. The molecule has 2 aromatic rings. The highest BCUT2D eigenvalue weighted by Crippen LogP contribution is 2.45. The summed E-state index contributed by atoms with van der Waals surface area (Å²) in [6.07, 6.45) is 3.01. The molecule has 12 heteroatoms. The minimum Gasteiger partial charge on any atom is -0.496 e. The normalized spacial score (nSPS) is 24.8. The van der Waals surface area contributed by atoms with Gasteiger partial charge < -0.3 is 30.3 Å². The average Bonchev–Trinajstić information content (AvgIpc) is 3.48. The highest BCUT2D eigenvalue weighted by atomic mass is 16.7. The number of aliphatic hydroxyl groups is 1. The molecule has 1 saturated heterocycles. The van der Waals surface area contributed by atoms with Crippen molar-refractivity contribution in [3.05, 3.63) is 47.5 Å². The summed E-state index contributed by atoms with van der Waals surface area (Å²) >= 11 is 0. The summed E-state index contributed by atoms with van der Waals surface area (Å²) < 4.78 is 6.12. The lowest BCUT2D eigenvalue weighted by Crippen LogP contribution is -2.44. The SMILES string of the molecule is COc1c(CN2O[C@@H](CNC(C)=O)C([C@H](C)O)[C@H]2C(=O)N=CC2C[C@@H](C)C(C)(C)CC2C)cccc1-c1cc(C(=O)N[C@H](CN(C)C)CC(C)(C)C)cc(N(C)C)c1. The Morgan fingerprint density at radius 1 is 1.12 bits per heavy atom. The van der Waals surface area contributed by atoms with Crippen LogP contribution < -0.4 is 20.3 Å². The largest absolute Gasteiger partial charge is 0.496 e. The first-order valence-corrected chi connectivity index (χ1v) is 20.9. The van der Waals surface area contributed by atoms with Crippen LogP contribution in [0.5, 0.6) is 5.75 Å². The molecule has 12 nitrogen and oxygen atoms in total. The van der Waals surface area contributed by atoms with Crippen LogP contribution in [0.4, 0.5) is 5.69 Å². The van der Waals surface area contributed by atoms with E-state index >= 15 is 0 Å². The number of aliphatic hydroxyl groups excluding tert-OH is 1. The summed E-state index contributed by atoms with van der Waals surface area (Å²) in [5, 5.41) is 18.9. The predicted molar refractivity (Wildman–Crippen MR) is 233 cm³/mol. The van der Waals surface area contributed by atoms with E-state index in [9.17, 15) is 19.5 Å². The van der Waals surface area contributed by atoms with Crippen LogP contribution >= 0.6 is 0 Å². The summed E-state index contributed by atoms with van der Waals surface area (Å²) in [6.45, 7) is 19.7. The van der Waals surface area contributed by atoms with Crippen molar-refractivity contribution >= 4 is 29.6 Å². The number of hydrogen-bond donors (Lipinski definition) is 3. The van der Waals surface area contributed by atoms with E-state index in [2.05, 4.69) is 69.0 Å². The number of hydroxylamine groups is 2. The topological polar surface area (TPSA) is 136 Å². The third-order valence-corrected chi connectivity index (χ3v) is 12.1. The molecule has 4 rings (SSSR count). The minimum atomic E-state index is -0.936. The predicted octanol–water partition coefficient (Wildman–Crippen LogP) is 6.45. The first kappa shape index (κ1) is 46.8. The molecule has 8 atom stereocenters. The lowest BCUT2D eigenvalue weighted by molar-refractivity contribution is -0.174. The van der Waals surface area contributed by atoms with E-state index in [1.54, 1.807) is 19.1 Å². The molecule has 1 saturated carbocycles. The van der Waals surface area contributed by atoms with E-state index in [0.717, 1.165) is 41.6 Å². The summed E-state index contributed by atoms with van der Waals surface area (Å²) in [7, 11) is 9.51. The number of likely N-dealkylation sites (N-methyl/N-ethyl adjacent to an activating group) is 1. The zero-order valence-electron chi connectivity index (χ0n) is 37.7. The van der Waals surface area contributed by atoms with Gasteiger partial charge in [0.05, 0.1) is 19.8 Å². The first-order valence-electron chi connectivity index (χ1n) is 20.9. The average molecular weight is 805 g/mol. The second-order valence-corrected chi connectivity index (χ2v) is 19.4. The Bertz CT molecular complexity index is 1770. The second kappa shape index (κ2) is 19.5. The fourth-order valence-corrected chi connectivity index (χ4v) is 8.83. The Morgan fingerprint density at radius 2 is 1.81 bits per heavy atom. The number of nitrogens with one attached hydrogen (secondary N) is 2. The number of para-hydroxylation sites is 1. The highest BCUT2D eigenvalue weighted by molar-refractivity contribution is 5.97. The lowest BCUT2D eigenvalue weighted by atomic mass is 9.62. The van der Waals surface area contributed by atoms with Crippen molar-refractivity contribution in [1.82, 2.24) is 20.6 Å². The van der Waals surface area contributed by atoms with Gasteiger partial charge in [-0.15, -0.1) is 0 Å². The maximum Gasteiger partial charge on any atom is 0.265 e. The van der Waals surface area contributed by atoms with Gasteiger partial charge in [-0.25, -0.2) is 4.99 Å². The summed E-state index contributed by atoms with van der Waals surface area (Å²) in [6, 6.07) is 10.6. The van der Waals surface area contributed by atoms with Crippen molar-refractivity contribution < 1.29 is 29.1 Å². The van der Waals surface area contributed by atoms with Gasteiger partial charge in [-0.3, -0.25) is 19.2 Å². The Balaban J connectivity index is 1.72. The summed E-state index contributed by atoms with van der Waals surface area (Å²) in [5.41, 5.74) is 3.92. The lowest BCUT2D eigenvalue weighted by Gasteiger charge is -2.43. The van der Waals surface area contributed by atoms with Crippen molar-refractivity contribution in [1.29, 1.82) is 0 Å². The van der Waals surface area contributed by atoms with E-state index < -0.39 is 30.1 Å². The molecule has 1 heterocycles. The fraction of sp³-hybridized carbons (Fsp3) is 0.652. The number of anilines is 1. The Kier molecular flexibility index (Phi) is 15.7. The molecule has 2 aromatic carbocycles. The van der Waals surface area contributed by atoms with Crippen molar-refractivity contribution in [2.24, 2.45) is 39.5 Å². The van der Waals surface area contributed by atoms with E-state index in [1.165, 1.54) is 6.92 Å². The molecule has 2 fully saturated rings. The molecule has 3 N–H and O–H groups in total. The number of amides is 3. The first-order chi connectivity index (χ1) is 27.0. The molecule has 0 bridgehead atoms. The van der Waals surface area contributed by atoms with Gasteiger partial charge in [-0.1, -0.05) is 66.7 Å². The number of ether oxygens (including phenoxy) is 1. The molecule has 3 unspecified atom stereocenters. The Morgan fingerprint density at radius 3 is 2.40 bits per heavy atom. The smallest absolute Gasteiger partial charge is 0.265 e. The van der Waals surface area contributed by atoms with Gasteiger partial charge in [0.1, 0.15) is 17.9 Å². The molecule has 0 radical (unpaired) electrons. The number of aliphatic imine (C=N–C) groups is 1. The van der Waals surface area contributed by atoms with E-state index in [-0.39, 0.29) is 47.7 Å². The number of rotatable bonds is 15. The van der Waals surface area contributed by atoms with Crippen molar-refractivity contribution in [3.8, 4) is 16.9 Å². The molecule has 322 valence electrons.